The van der Waals surface area contributed by atoms with Gasteiger partial charge in [0.2, 0.25) is 0 Å². The molecule has 0 saturated heterocycles. The Bertz CT molecular complexity index is 3060. The number of benzene rings is 7. The van der Waals surface area contributed by atoms with Crippen molar-refractivity contribution in [1.29, 1.82) is 0 Å². The van der Waals surface area contributed by atoms with Crippen molar-refractivity contribution in [3.8, 4) is 67.5 Å². The van der Waals surface area contributed by atoms with E-state index < -0.39 is 0 Å². The number of allylic oxidation sites excluding steroid dienone is 8. The van der Waals surface area contributed by atoms with Crippen molar-refractivity contribution >= 4 is 16.3 Å². The minimum atomic E-state index is -0.212. The Balaban J connectivity index is 0.972. The van der Waals surface area contributed by atoms with Gasteiger partial charge in [-0.25, -0.2) is 15.0 Å². The Kier molecular flexibility index (Phi) is 8.30. The van der Waals surface area contributed by atoms with E-state index in [0.717, 1.165) is 27.8 Å². The lowest BCUT2D eigenvalue weighted by Gasteiger charge is -2.25. The molecule has 1 aromatic heterocycles. The average molecular weight is 756 g/mol. The normalized spacial score (nSPS) is 17.0. The first kappa shape index (κ1) is 35.0. The fraction of sp³-hybridized carbons (Fsp3) is 0.0893. The zero-order valence-electron chi connectivity index (χ0n) is 33.0. The van der Waals surface area contributed by atoms with E-state index in [9.17, 15) is 0 Å². The topological polar surface area (TPSA) is 38.7 Å². The van der Waals surface area contributed by atoms with Crippen molar-refractivity contribution in [2.45, 2.75) is 19.3 Å². The molecule has 2 unspecified atom stereocenters. The van der Waals surface area contributed by atoms with E-state index >= 15 is 0 Å². The molecule has 2 atom stereocenters. The van der Waals surface area contributed by atoms with Crippen molar-refractivity contribution < 1.29 is 0 Å². The van der Waals surface area contributed by atoms with E-state index in [0.29, 0.717) is 29.3 Å². The summed E-state index contributed by atoms with van der Waals surface area (Å²) >= 11 is 0. The first-order chi connectivity index (χ1) is 28.9. The smallest absolute Gasteiger partial charge is 0.164 e. The van der Waals surface area contributed by atoms with Gasteiger partial charge in [0.25, 0.3) is 0 Å². The minimum absolute atomic E-state index is 0.212. The maximum atomic E-state index is 5.19. The van der Waals surface area contributed by atoms with E-state index in [1.165, 1.54) is 55.3 Å². The van der Waals surface area contributed by atoms with Crippen LogP contribution in [0.3, 0.4) is 0 Å². The van der Waals surface area contributed by atoms with Gasteiger partial charge in [-0.05, 0) is 84.6 Å². The molecule has 3 nitrogen and oxygen atoms in total. The molecule has 3 aliphatic rings. The molecule has 8 aromatic rings. The highest BCUT2D eigenvalue weighted by Gasteiger charge is 2.36. The predicted octanol–water partition coefficient (Wildman–Crippen LogP) is 14.0. The summed E-state index contributed by atoms with van der Waals surface area (Å²) in [5.41, 5.74) is 15.1. The van der Waals surface area contributed by atoms with Gasteiger partial charge in [-0.15, -0.1) is 0 Å². The number of hydrogen-bond donors (Lipinski definition) is 0. The molecule has 0 fully saturated rings. The number of hydrogen-bond acceptors (Lipinski definition) is 3. The van der Waals surface area contributed by atoms with Crippen LogP contribution < -0.4 is 0 Å². The van der Waals surface area contributed by atoms with E-state index in [2.05, 4.69) is 208 Å². The van der Waals surface area contributed by atoms with E-state index in [1.807, 2.05) is 6.07 Å². The molecule has 3 heteroatoms. The van der Waals surface area contributed by atoms with Gasteiger partial charge >= 0.3 is 0 Å². The van der Waals surface area contributed by atoms with Gasteiger partial charge in [0.15, 0.2) is 17.5 Å². The molecular weight excluding hydrogens is 715 g/mol. The standard InChI is InChI=1S/C56H41N3/c1-56(2)51-34-47(46-27-21-38-13-7-9-15-44(38)33-46)28-30-49(51)50-31-29-48(35-52(50)56)55-58-53(41-22-16-39(17-23-41)36-10-4-3-5-11-36)57-54(59-55)42-24-18-40(19-25-42)45-26-20-37-12-6-8-14-43(37)32-45/h3-35,38,44H,1-2H3. The molecule has 11 rings (SSSR count). The number of fused-ring (bicyclic) bond motifs is 5. The summed E-state index contributed by atoms with van der Waals surface area (Å²) in [6.07, 6.45) is 16.0. The number of rotatable bonds is 6. The van der Waals surface area contributed by atoms with Gasteiger partial charge < -0.3 is 0 Å². The maximum Gasteiger partial charge on any atom is 0.164 e. The fourth-order valence-electron chi connectivity index (χ4n) is 9.11. The van der Waals surface area contributed by atoms with Gasteiger partial charge in [-0.1, -0.05) is 196 Å². The highest BCUT2D eigenvalue weighted by molar-refractivity contribution is 5.88. The van der Waals surface area contributed by atoms with E-state index in [-0.39, 0.29) is 5.41 Å². The van der Waals surface area contributed by atoms with Crippen molar-refractivity contribution in [2.75, 3.05) is 0 Å². The Morgan fingerprint density at radius 1 is 0.390 bits per heavy atom. The summed E-state index contributed by atoms with van der Waals surface area (Å²) in [5, 5.41) is 2.47. The molecule has 0 amide bonds. The van der Waals surface area contributed by atoms with Crippen LogP contribution in [0.25, 0.3) is 83.9 Å². The van der Waals surface area contributed by atoms with Crippen LogP contribution >= 0.6 is 0 Å². The van der Waals surface area contributed by atoms with Gasteiger partial charge in [-0.3, -0.25) is 0 Å². The number of aromatic nitrogens is 3. The Hall–Kier alpha value is -7.23. The second kappa shape index (κ2) is 14.0. The lowest BCUT2D eigenvalue weighted by molar-refractivity contribution is 0.658. The SMILES string of the molecule is CC1(C)c2cc(C3=CC4C=CC=CC4C=C3)ccc2-c2ccc(-c3nc(-c4ccc(-c5ccccc5)cc4)nc(-c4ccc(-c5ccc6ccccc6c5)cc4)n3)cc21. The van der Waals surface area contributed by atoms with Crippen LogP contribution in [0.2, 0.25) is 0 Å². The summed E-state index contributed by atoms with van der Waals surface area (Å²) < 4.78 is 0. The molecule has 0 radical (unpaired) electrons. The average Bonchev–Trinajstić information content (AvgIpc) is 3.53. The Morgan fingerprint density at radius 3 is 1.56 bits per heavy atom. The van der Waals surface area contributed by atoms with Gasteiger partial charge in [0.05, 0.1) is 0 Å². The van der Waals surface area contributed by atoms with Gasteiger partial charge in [0, 0.05) is 33.9 Å². The third-order valence-electron chi connectivity index (χ3n) is 12.5. The molecule has 3 aliphatic carbocycles. The second-order valence-corrected chi connectivity index (χ2v) is 16.4. The third-order valence-corrected chi connectivity index (χ3v) is 12.5. The zero-order valence-corrected chi connectivity index (χ0v) is 33.0. The Labute approximate surface area is 345 Å². The molecular formula is C56H41N3. The summed E-state index contributed by atoms with van der Waals surface area (Å²) in [6.45, 7) is 4.69. The fourth-order valence-corrected chi connectivity index (χ4v) is 9.11. The zero-order chi connectivity index (χ0) is 39.5. The lowest BCUT2D eigenvalue weighted by atomic mass is 9.79. The monoisotopic (exact) mass is 755 g/mol. The van der Waals surface area contributed by atoms with Crippen LogP contribution in [0, 0.1) is 11.8 Å². The molecule has 0 bridgehead atoms. The highest BCUT2D eigenvalue weighted by Crippen LogP contribution is 2.50. The van der Waals surface area contributed by atoms with Crippen LogP contribution in [0.4, 0.5) is 0 Å². The van der Waals surface area contributed by atoms with E-state index in [1.54, 1.807) is 0 Å². The summed E-state index contributed by atoms with van der Waals surface area (Å²) in [7, 11) is 0. The third kappa shape index (κ3) is 6.27. The van der Waals surface area contributed by atoms with Gasteiger partial charge in [0.1, 0.15) is 0 Å². The summed E-state index contributed by atoms with van der Waals surface area (Å²) in [4.78, 5) is 15.5. The summed E-state index contributed by atoms with van der Waals surface area (Å²) in [5.74, 6) is 2.80. The van der Waals surface area contributed by atoms with Crippen molar-refractivity contribution in [3.05, 3.63) is 217 Å². The first-order valence-electron chi connectivity index (χ1n) is 20.5. The molecule has 7 aromatic carbocycles. The molecule has 0 aliphatic heterocycles. The summed E-state index contributed by atoms with van der Waals surface area (Å²) in [6, 6.07) is 56.5. The van der Waals surface area contributed by atoms with Crippen molar-refractivity contribution in [3.63, 3.8) is 0 Å². The molecule has 0 spiro atoms. The van der Waals surface area contributed by atoms with Gasteiger partial charge in [-0.2, -0.15) is 0 Å². The van der Waals surface area contributed by atoms with Crippen molar-refractivity contribution in [1.82, 2.24) is 15.0 Å². The van der Waals surface area contributed by atoms with Crippen LogP contribution in [0.5, 0.6) is 0 Å². The van der Waals surface area contributed by atoms with Crippen LogP contribution in [0.15, 0.2) is 200 Å². The maximum absolute atomic E-state index is 5.19. The first-order valence-corrected chi connectivity index (χ1v) is 20.5. The largest absolute Gasteiger partial charge is 0.208 e. The molecule has 0 saturated carbocycles. The van der Waals surface area contributed by atoms with Crippen LogP contribution in [0.1, 0.15) is 30.5 Å². The quantitative estimate of drug-likeness (QED) is 0.170. The van der Waals surface area contributed by atoms with E-state index in [4.69, 9.17) is 15.0 Å². The highest BCUT2D eigenvalue weighted by atomic mass is 15.0. The molecule has 0 N–H and O–H groups in total. The van der Waals surface area contributed by atoms with Crippen LogP contribution in [-0.4, -0.2) is 15.0 Å². The lowest BCUT2D eigenvalue weighted by Crippen LogP contribution is -2.16. The van der Waals surface area contributed by atoms with Crippen molar-refractivity contribution in [2.24, 2.45) is 11.8 Å². The number of nitrogens with zero attached hydrogens (tertiary/aromatic N) is 3. The predicted molar refractivity (Wildman–Crippen MR) is 244 cm³/mol. The minimum Gasteiger partial charge on any atom is -0.208 e. The molecule has 280 valence electrons. The Morgan fingerprint density at radius 2 is 0.881 bits per heavy atom. The second-order valence-electron chi connectivity index (χ2n) is 16.4. The van der Waals surface area contributed by atoms with Crippen LogP contribution in [-0.2, 0) is 5.41 Å². The molecule has 59 heavy (non-hydrogen) atoms. The molecule has 1 heterocycles.